The predicted molar refractivity (Wildman–Crippen MR) is 79.9 cm³/mol. The van der Waals surface area contributed by atoms with E-state index in [0.29, 0.717) is 11.8 Å². The summed E-state index contributed by atoms with van der Waals surface area (Å²) in [5.41, 5.74) is 0.969. The second-order valence-electron chi connectivity index (χ2n) is 6.17. The Balaban J connectivity index is 1.45. The number of esters is 1. The van der Waals surface area contributed by atoms with Gasteiger partial charge in [0.2, 0.25) is 0 Å². The summed E-state index contributed by atoms with van der Waals surface area (Å²) in [5, 5.41) is 2.94. The summed E-state index contributed by atoms with van der Waals surface area (Å²) in [6, 6.07) is 9.72. The number of alkyl carbamates (subject to hydrolysis) is 1. The molecule has 0 radical (unpaired) electrons. The highest BCUT2D eigenvalue weighted by Crippen LogP contribution is 2.48. The van der Waals surface area contributed by atoms with Gasteiger partial charge in [-0.2, -0.15) is 0 Å². The Hall–Kier alpha value is -2.04. The zero-order valence-corrected chi connectivity index (χ0v) is 12.7. The number of hydrogen-bond acceptors (Lipinski definition) is 4. The fourth-order valence-electron chi connectivity index (χ4n) is 3.81. The van der Waals surface area contributed by atoms with Crippen LogP contribution in [0.25, 0.3) is 0 Å². The maximum atomic E-state index is 11.9. The molecule has 4 unspecified atom stereocenters. The van der Waals surface area contributed by atoms with Crippen LogP contribution < -0.4 is 5.32 Å². The van der Waals surface area contributed by atoms with Gasteiger partial charge in [0.1, 0.15) is 6.61 Å². The Morgan fingerprint density at radius 2 is 1.91 bits per heavy atom. The van der Waals surface area contributed by atoms with E-state index in [1.165, 1.54) is 7.11 Å². The number of rotatable bonds is 4. The molecule has 2 aliphatic rings. The molecule has 22 heavy (non-hydrogen) atoms. The smallest absolute Gasteiger partial charge is 0.407 e. The van der Waals surface area contributed by atoms with Gasteiger partial charge in [0.15, 0.2) is 0 Å². The molecule has 1 amide bonds. The van der Waals surface area contributed by atoms with Crippen molar-refractivity contribution in [2.45, 2.75) is 31.9 Å². The third kappa shape index (κ3) is 3.08. The molecule has 0 aromatic heterocycles. The van der Waals surface area contributed by atoms with Crippen molar-refractivity contribution in [3.63, 3.8) is 0 Å². The maximum Gasteiger partial charge on any atom is 0.407 e. The SMILES string of the molecule is COC(=O)C1CC2CC1CC2NC(=O)OCc1ccccc1. The van der Waals surface area contributed by atoms with E-state index in [1.807, 2.05) is 30.3 Å². The molecular weight excluding hydrogens is 282 g/mol. The molecule has 2 saturated carbocycles. The first-order valence-corrected chi connectivity index (χ1v) is 7.72. The van der Waals surface area contributed by atoms with Gasteiger partial charge in [0.25, 0.3) is 0 Å². The van der Waals surface area contributed by atoms with Crippen molar-refractivity contribution in [1.82, 2.24) is 5.32 Å². The first-order chi connectivity index (χ1) is 10.7. The van der Waals surface area contributed by atoms with Crippen molar-refractivity contribution >= 4 is 12.1 Å². The molecule has 118 valence electrons. The van der Waals surface area contributed by atoms with E-state index in [0.717, 1.165) is 24.8 Å². The van der Waals surface area contributed by atoms with Crippen molar-refractivity contribution < 1.29 is 19.1 Å². The summed E-state index contributed by atoms with van der Waals surface area (Å²) >= 11 is 0. The van der Waals surface area contributed by atoms with Crippen molar-refractivity contribution in [3.8, 4) is 0 Å². The number of benzene rings is 1. The third-order valence-electron chi connectivity index (χ3n) is 4.88. The van der Waals surface area contributed by atoms with Gasteiger partial charge >= 0.3 is 12.1 Å². The van der Waals surface area contributed by atoms with E-state index < -0.39 is 0 Å². The summed E-state index contributed by atoms with van der Waals surface area (Å²) in [7, 11) is 1.44. The van der Waals surface area contributed by atoms with Gasteiger partial charge in [-0.3, -0.25) is 4.79 Å². The van der Waals surface area contributed by atoms with Crippen LogP contribution in [-0.2, 0) is 20.9 Å². The lowest BCUT2D eigenvalue weighted by Crippen LogP contribution is -2.41. The van der Waals surface area contributed by atoms with Gasteiger partial charge in [-0.05, 0) is 36.7 Å². The monoisotopic (exact) mass is 303 g/mol. The Morgan fingerprint density at radius 3 is 2.55 bits per heavy atom. The lowest BCUT2D eigenvalue weighted by atomic mass is 9.86. The summed E-state index contributed by atoms with van der Waals surface area (Å²) < 4.78 is 10.1. The van der Waals surface area contributed by atoms with Gasteiger partial charge in [-0.1, -0.05) is 30.3 Å². The predicted octanol–water partition coefficient (Wildman–Crippen LogP) is 2.50. The first kappa shape index (κ1) is 14.9. The lowest BCUT2D eigenvalue weighted by Gasteiger charge is -2.26. The molecule has 5 heteroatoms. The maximum absolute atomic E-state index is 11.9. The van der Waals surface area contributed by atoms with Crippen LogP contribution in [0.2, 0.25) is 0 Å². The van der Waals surface area contributed by atoms with E-state index >= 15 is 0 Å². The fourth-order valence-corrected chi connectivity index (χ4v) is 3.81. The van der Waals surface area contributed by atoms with Crippen LogP contribution in [0.15, 0.2) is 30.3 Å². The Kier molecular flexibility index (Phi) is 4.32. The van der Waals surface area contributed by atoms with Crippen LogP contribution in [0.5, 0.6) is 0 Å². The lowest BCUT2D eigenvalue weighted by molar-refractivity contribution is -0.147. The van der Waals surface area contributed by atoms with Crippen LogP contribution >= 0.6 is 0 Å². The van der Waals surface area contributed by atoms with Crippen LogP contribution in [0, 0.1) is 17.8 Å². The molecule has 0 saturated heterocycles. The second-order valence-corrected chi connectivity index (χ2v) is 6.17. The standard InChI is InChI=1S/C17H21NO4/c1-21-16(19)14-8-13-7-12(14)9-15(13)18-17(20)22-10-11-5-3-2-4-6-11/h2-6,12-15H,7-10H2,1H3,(H,18,20). The molecule has 2 fully saturated rings. The molecule has 0 heterocycles. The summed E-state index contributed by atoms with van der Waals surface area (Å²) in [6.45, 7) is 0.276. The van der Waals surface area contributed by atoms with Crippen molar-refractivity contribution in [2.75, 3.05) is 7.11 Å². The summed E-state index contributed by atoms with van der Waals surface area (Å²) in [4.78, 5) is 23.6. The fraction of sp³-hybridized carbons (Fsp3) is 0.529. The average Bonchev–Trinajstić information content (AvgIpc) is 3.13. The average molecular weight is 303 g/mol. The number of nitrogens with one attached hydrogen (secondary N) is 1. The largest absolute Gasteiger partial charge is 0.469 e. The molecule has 1 N–H and O–H groups in total. The van der Waals surface area contributed by atoms with Crippen molar-refractivity contribution in [1.29, 1.82) is 0 Å². The number of methoxy groups -OCH3 is 1. The number of carbonyl (C=O) groups excluding carboxylic acids is 2. The van der Waals surface area contributed by atoms with E-state index in [4.69, 9.17) is 9.47 Å². The van der Waals surface area contributed by atoms with Gasteiger partial charge < -0.3 is 14.8 Å². The summed E-state index contributed by atoms with van der Waals surface area (Å²) in [6.07, 6.45) is 2.26. The highest BCUT2D eigenvalue weighted by atomic mass is 16.5. The van der Waals surface area contributed by atoms with Gasteiger partial charge in [-0.25, -0.2) is 4.79 Å². The molecule has 1 aromatic carbocycles. The van der Waals surface area contributed by atoms with Gasteiger partial charge in [0, 0.05) is 6.04 Å². The molecule has 4 atom stereocenters. The molecule has 5 nitrogen and oxygen atoms in total. The number of carbonyl (C=O) groups is 2. The quantitative estimate of drug-likeness (QED) is 0.868. The molecule has 2 bridgehead atoms. The highest BCUT2D eigenvalue weighted by Gasteiger charge is 2.49. The van der Waals surface area contributed by atoms with Crippen molar-refractivity contribution in [3.05, 3.63) is 35.9 Å². The molecule has 1 aromatic rings. The first-order valence-electron chi connectivity index (χ1n) is 7.72. The normalized spacial score (nSPS) is 29.1. The molecule has 2 aliphatic carbocycles. The number of amides is 1. The van der Waals surface area contributed by atoms with Crippen LogP contribution in [0.4, 0.5) is 4.79 Å². The minimum absolute atomic E-state index is 0.00777. The van der Waals surface area contributed by atoms with Crippen LogP contribution in [-0.4, -0.2) is 25.2 Å². The highest BCUT2D eigenvalue weighted by molar-refractivity contribution is 5.73. The van der Waals surface area contributed by atoms with E-state index in [1.54, 1.807) is 0 Å². The zero-order valence-electron chi connectivity index (χ0n) is 12.7. The van der Waals surface area contributed by atoms with Crippen LogP contribution in [0.1, 0.15) is 24.8 Å². The Bertz CT molecular complexity index is 545. The van der Waals surface area contributed by atoms with Gasteiger partial charge in [-0.15, -0.1) is 0 Å². The van der Waals surface area contributed by atoms with E-state index in [9.17, 15) is 9.59 Å². The van der Waals surface area contributed by atoms with E-state index in [2.05, 4.69) is 5.32 Å². The Labute approximate surface area is 130 Å². The molecular formula is C17H21NO4. The number of ether oxygens (including phenoxy) is 2. The molecule has 0 spiro atoms. The van der Waals surface area contributed by atoms with Gasteiger partial charge in [0.05, 0.1) is 13.0 Å². The van der Waals surface area contributed by atoms with Crippen molar-refractivity contribution in [2.24, 2.45) is 17.8 Å². The molecule has 3 rings (SSSR count). The summed E-state index contributed by atoms with van der Waals surface area (Å²) in [5.74, 6) is 0.584. The molecule has 0 aliphatic heterocycles. The minimum atomic E-state index is -0.379. The zero-order chi connectivity index (χ0) is 15.5. The Morgan fingerprint density at radius 1 is 1.14 bits per heavy atom. The number of fused-ring (bicyclic) bond motifs is 2. The second kappa shape index (κ2) is 6.38. The van der Waals surface area contributed by atoms with Crippen LogP contribution in [0.3, 0.4) is 0 Å². The third-order valence-corrected chi connectivity index (χ3v) is 4.88. The topological polar surface area (TPSA) is 64.6 Å². The number of hydrogen-bond donors (Lipinski definition) is 1. The van der Waals surface area contributed by atoms with E-state index in [-0.39, 0.29) is 30.6 Å². The minimum Gasteiger partial charge on any atom is -0.469 e.